The Morgan fingerprint density at radius 2 is 2.31 bits per heavy atom. The third kappa shape index (κ3) is 4.22. The first-order valence-electron chi connectivity index (χ1n) is 5.26. The molecule has 0 radical (unpaired) electrons. The maximum absolute atomic E-state index is 3.61. The van der Waals surface area contributed by atoms with E-state index in [9.17, 15) is 0 Å². The molecule has 0 N–H and O–H groups in total. The van der Waals surface area contributed by atoms with E-state index in [0.717, 1.165) is 11.4 Å². The predicted octanol–water partition coefficient (Wildman–Crippen LogP) is 2.99. The molecule has 0 saturated carbocycles. The monoisotopic (exact) mass is 265 g/mol. The van der Waals surface area contributed by atoms with Crippen LogP contribution in [0.25, 0.3) is 0 Å². The van der Waals surface area contributed by atoms with Gasteiger partial charge in [0.2, 0.25) is 0 Å². The van der Waals surface area contributed by atoms with Crippen LogP contribution in [-0.2, 0) is 0 Å². The van der Waals surface area contributed by atoms with Crippen molar-refractivity contribution in [1.29, 1.82) is 0 Å². The molecule has 1 rings (SSSR count). The van der Waals surface area contributed by atoms with Gasteiger partial charge in [-0.1, -0.05) is 29.3 Å². The van der Waals surface area contributed by atoms with Crippen molar-refractivity contribution >= 4 is 27.7 Å². The zero-order chi connectivity index (χ0) is 9.52. The van der Waals surface area contributed by atoms with Crippen LogP contribution in [0.2, 0.25) is 0 Å². The SMILES string of the molecule is CCSCCN1CCCCC1CBr. The molecule has 0 spiro atoms. The van der Waals surface area contributed by atoms with Crippen LogP contribution in [0.1, 0.15) is 26.2 Å². The Kier molecular flexibility index (Phi) is 6.51. The highest BCUT2D eigenvalue weighted by atomic mass is 79.9. The van der Waals surface area contributed by atoms with Crippen LogP contribution in [0.4, 0.5) is 0 Å². The molecule has 1 fully saturated rings. The van der Waals surface area contributed by atoms with Crippen molar-refractivity contribution in [3.8, 4) is 0 Å². The number of alkyl halides is 1. The highest BCUT2D eigenvalue weighted by Gasteiger charge is 2.20. The van der Waals surface area contributed by atoms with Gasteiger partial charge in [-0.15, -0.1) is 0 Å². The van der Waals surface area contributed by atoms with Crippen molar-refractivity contribution in [2.75, 3.05) is 29.9 Å². The fourth-order valence-electron chi connectivity index (χ4n) is 1.86. The zero-order valence-electron chi connectivity index (χ0n) is 8.47. The second-order valence-corrected chi connectivity index (χ2v) is 5.58. The smallest absolute Gasteiger partial charge is 0.0193 e. The van der Waals surface area contributed by atoms with Crippen LogP contribution in [-0.4, -0.2) is 40.9 Å². The maximum Gasteiger partial charge on any atom is 0.0193 e. The standard InChI is InChI=1S/C10H20BrNS/c1-2-13-8-7-12-6-4-3-5-10(12)9-11/h10H,2-9H2,1H3. The summed E-state index contributed by atoms with van der Waals surface area (Å²) in [4.78, 5) is 2.65. The van der Waals surface area contributed by atoms with Gasteiger partial charge in [0, 0.05) is 23.7 Å². The molecule has 0 aliphatic carbocycles. The summed E-state index contributed by atoms with van der Waals surface area (Å²) in [6.07, 6.45) is 4.22. The van der Waals surface area contributed by atoms with E-state index in [1.54, 1.807) is 0 Å². The van der Waals surface area contributed by atoms with E-state index in [-0.39, 0.29) is 0 Å². The van der Waals surface area contributed by atoms with Gasteiger partial charge in [0.1, 0.15) is 0 Å². The quantitative estimate of drug-likeness (QED) is 0.556. The van der Waals surface area contributed by atoms with E-state index < -0.39 is 0 Å². The average molecular weight is 266 g/mol. The Bertz CT molecular complexity index is 132. The number of piperidine rings is 1. The lowest BCUT2D eigenvalue weighted by atomic mass is 10.0. The summed E-state index contributed by atoms with van der Waals surface area (Å²) in [5, 5.41) is 1.16. The first-order valence-corrected chi connectivity index (χ1v) is 7.54. The second-order valence-electron chi connectivity index (χ2n) is 3.54. The second kappa shape index (κ2) is 7.13. The Morgan fingerprint density at radius 1 is 1.46 bits per heavy atom. The van der Waals surface area contributed by atoms with Crippen molar-refractivity contribution in [2.24, 2.45) is 0 Å². The van der Waals surface area contributed by atoms with E-state index in [1.165, 1.54) is 43.9 Å². The molecule has 1 aliphatic heterocycles. The summed E-state index contributed by atoms with van der Waals surface area (Å²) in [5.41, 5.74) is 0. The first kappa shape index (κ1) is 11.9. The summed E-state index contributed by atoms with van der Waals surface area (Å²) in [7, 11) is 0. The summed E-state index contributed by atoms with van der Waals surface area (Å²) in [6.45, 7) is 4.85. The van der Waals surface area contributed by atoms with Gasteiger partial charge in [-0.2, -0.15) is 11.8 Å². The van der Waals surface area contributed by atoms with Crippen molar-refractivity contribution < 1.29 is 0 Å². The Hall–Kier alpha value is 0.790. The van der Waals surface area contributed by atoms with Crippen molar-refractivity contribution in [3.63, 3.8) is 0 Å². The third-order valence-corrected chi connectivity index (χ3v) is 4.28. The van der Waals surface area contributed by atoms with Gasteiger partial charge in [-0.05, 0) is 25.1 Å². The molecule has 1 aliphatic rings. The van der Waals surface area contributed by atoms with Gasteiger partial charge in [-0.3, -0.25) is 4.90 Å². The number of rotatable bonds is 5. The Balaban J connectivity index is 2.19. The summed E-state index contributed by atoms with van der Waals surface area (Å²) >= 11 is 5.67. The summed E-state index contributed by atoms with van der Waals surface area (Å²) in [6, 6.07) is 0.811. The van der Waals surface area contributed by atoms with Gasteiger partial charge in [0.05, 0.1) is 0 Å². The van der Waals surface area contributed by atoms with Crippen LogP contribution >= 0.6 is 27.7 Å². The van der Waals surface area contributed by atoms with Gasteiger partial charge < -0.3 is 0 Å². The Labute approximate surface area is 94.8 Å². The molecule has 1 unspecified atom stereocenters. The normalized spacial score (nSPS) is 24.9. The number of likely N-dealkylation sites (tertiary alicyclic amines) is 1. The highest BCUT2D eigenvalue weighted by molar-refractivity contribution is 9.09. The van der Waals surface area contributed by atoms with Gasteiger partial charge >= 0.3 is 0 Å². The molecular weight excluding hydrogens is 246 g/mol. The van der Waals surface area contributed by atoms with Gasteiger partial charge in [-0.25, -0.2) is 0 Å². The van der Waals surface area contributed by atoms with Crippen LogP contribution in [0.3, 0.4) is 0 Å². The molecule has 1 nitrogen and oxygen atoms in total. The average Bonchev–Trinajstić information content (AvgIpc) is 2.19. The Morgan fingerprint density at radius 3 is 3.00 bits per heavy atom. The number of hydrogen-bond donors (Lipinski definition) is 0. The van der Waals surface area contributed by atoms with E-state index >= 15 is 0 Å². The van der Waals surface area contributed by atoms with Crippen LogP contribution in [0, 0.1) is 0 Å². The maximum atomic E-state index is 3.61. The fraction of sp³-hybridized carbons (Fsp3) is 1.00. The topological polar surface area (TPSA) is 3.24 Å². The summed E-state index contributed by atoms with van der Waals surface area (Å²) < 4.78 is 0. The van der Waals surface area contributed by atoms with Crippen molar-refractivity contribution in [2.45, 2.75) is 32.2 Å². The highest BCUT2D eigenvalue weighted by Crippen LogP contribution is 2.18. The molecule has 0 aromatic heterocycles. The minimum absolute atomic E-state index is 0.811. The fourth-order valence-corrected chi connectivity index (χ4v) is 3.24. The third-order valence-electron chi connectivity index (χ3n) is 2.65. The minimum atomic E-state index is 0.811. The van der Waals surface area contributed by atoms with Crippen LogP contribution < -0.4 is 0 Å². The molecule has 1 atom stereocenters. The van der Waals surface area contributed by atoms with E-state index in [4.69, 9.17) is 0 Å². The molecule has 0 aromatic carbocycles. The lowest BCUT2D eigenvalue weighted by molar-refractivity contribution is 0.175. The molecular formula is C10H20BrNS. The van der Waals surface area contributed by atoms with E-state index in [1.807, 2.05) is 0 Å². The number of hydrogen-bond acceptors (Lipinski definition) is 2. The van der Waals surface area contributed by atoms with Gasteiger partial charge in [0.15, 0.2) is 0 Å². The molecule has 13 heavy (non-hydrogen) atoms. The molecule has 0 aromatic rings. The number of nitrogens with zero attached hydrogens (tertiary/aromatic N) is 1. The van der Waals surface area contributed by atoms with Crippen molar-refractivity contribution in [1.82, 2.24) is 4.90 Å². The lowest BCUT2D eigenvalue weighted by Crippen LogP contribution is -2.41. The predicted molar refractivity (Wildman–Crippen MR) is 66.0 cm³/mol. The zero-order valence-corrected chi connectivity index (χ0v) is 10.9. The molecule has 78 valence electrons. The van der Waals surface area contributed by atoms with Crippen LogP contribution in [0.5, 0.6) is 0 Å². The van der Waals surface area contributed by atoms with E-state index in [2.05, 4.69) is 39.5 Å². The summed E-state index contributed by atoms with van der Waals surface area (Å²) in [5.74, 6) is 2.56. The minimum Gasteiger partial charge on any atom is -0.299 e. The van der Waals surface area contributed by atoms with Crippen molar-refractivity contribution in [3.05, 3.63) is 0 Å². The largest absolute Gasteiger partial charge is 0.299 e. The molecule has 1 saturated heterocycles. The van der Waals surface area contributed by atoms with E-state index in [0.29, 0.717) is 0 Å². The molecule has 3 heteroatoms. The van der Waals surface area contributed by atoms with Gasteiger partial charge in [0.25, 0.3) is 0 Å². The molecule has 1 heterocycles. The number of thioether (sulfide) groups is 1. The molecule has 0 amide bonds. The first-order chi connectivity index (χ1) is 6.38. The lowest BCUT2D eigenvalue weighted by Gasteiger charge is -2.34. The number of halogens is 1. The molecule has 0 bridgehead atoms. The van der Waals surface area contributed by atoms with Crippen LogP contribution in [0.15, 0.2) is 0 Å².